The third-order valence-electron chi connectivity index (χ3n) is 3.75. The molecular formula is C17H30N4S. The molecule has 1 rings (SSSR count). The Balaban J connectivity index is 2.54. The summed E-state index contributed by atoms with van der Waals surface area (Å²) in [6.45, 7) is 10.9. The lowest BCUT2D eigenvalue weighted by Gasteiger charge is -2.33. The lowest BCUT2D eigenvalue weighted by molar-refractivity contribution is 0.189. The second kappa shape index (κ2) is 11.6. The minimum absolute atomic E-state index is 0.705. The maximum Gasteiger partial charge on any atom is 0.0461 e. The molecule has 1 aliphatic heterocycles. The molecule has 0 spiro atoms. The molecule has 0 radical (unpaired) electrons. The van der Waals surface area contributed by atoms with Crippen LogP contribution in [0.3, 0.4) is 0 Å². The van der Waals surface area contributed by atoms with Gasteiger partial charge in [-0.2, -0.15) is 0 Å². The smallest absolute Gasteiger partial charge is 0.0461 e. The van der Waals surface area contributed by atoms with Gasteiger partial charge >= 0.3 is 0 Å². The van der Waals surface area contributed by atoms with Gasteiger partial charge in [0, 0.05) is 42.0 Å². The second-order valence-corrected chi connectivity index (χ2v) is 6.64. The highest BCUT2D eigenvalue weighted by Crippen LogP contribution is 2.25. The second-order valence-electron chi connectivity index (χ2n) is 5.54. The SMILES string of the molecule is C=N/C=C(/CN1CCCC(CC(=C/C)/N=C\C)C1)SCNC. The normalized spacial score (nSPS) is 21.5. The summed E-state index contributed by atoms with van der Waals surface area (Å²) in [5.41, 5.74) is 1.21. The number of aliphatic imine (C=N–C) groups is 2. The van der Waals surface area contributed by atoms with Gasteiger partial charge in [0.2, 0.25) is 0 Å². The zero-order chi connectivity index (χ0) is 16.2. The zero-order valence-electron chi connectivity index (χ0n) is 14.2. The van der Waals surface area contributed by atoms with Crippen molar-refractivity contribution in [3.63, 3.8) is 0 Å². The van der Waals surface area contributed by atoms with Gasteiger partial charge in [0.05, 0.1) is 0 Å². The van der Waals surface area contributed by atoms with Crippen LogP contribution in [0.4, 0.5) is 0 Å². The molecule has 22 heavy (non-hydrogen) atoms. The molecule has 124 valence electrons. The van der Waals surface area contributed by atoms with Crippen LogP contribution < -0.4 is 5.32 Å². The van der Waals surface area contributed by atoms with Crippen molar-refractivity contribution >= 4 is 24.7 Å². The summed E-state index contributed by atoms with van der Waals surface area (Å²) in [5, 5.41) is 3.17. The Kier molecular flexibility index (Phi) is 10.1. The summed E-state index contributed by atoms with van der Waals surface area (Å²) in [7, 11) is 1.97. The number of likely N-dealkylation sites (tertiary alicyclic amines) is 1. The first-order valence-corrected chi connectivity index (χ1v) is 9.00. The van der Waals surface area contributed by atoms with Gasteiger partial charge in [0.15, 0.2) is 0 Å². The molecule has 1 heterocycles. The Morgan fingerprint density at radius 3 is 2.91 bits per heavy atom. The number of nitrogens with zero attached hydrogens (tertiary/aromatic N) is 3. The first-order chi connectivity index (χ1) is 10.7. The van der Waals surface area contributed by atoms with Gasteiger partial charge in [-0.15, -0.1) is 11.8 Å². The lowest BCUT2D eigenvalue weighted by atomic mass is 9.93. The van der Waals surface area contributed by atoms with Crippen molar-refractivity contribution in [2.75, 3.05) is 32.6 Å². The fourth-order valence-corrected chi connectivity index (χ4v) is 3.53. The van der Waals surface area contributed by atoms with Crippen LogP contribution in [0.25, 0.3) is 0 Å². The first kappa shape index (κ1) is 19.1. The largest absolute Gasteiger partial charge is 0.311 e. The number of thioether (sulfide) groups is 1. The van der Waals surface area contributed by atoms with Crippen LogP contribution >= 0.6 is 11.8 Å². The molecule has 0 aliphatic carbocycles. The van der Waals surface area contributed by atoms with Crippen LogP contribution in [0.1, 0.15) is 33.1 Å². The van der Waals surface area contributed by atoms with Crippen LogP contribution in [0, 0.1) is 5.92 Å². The number of piperidine rings is 1. The zero-order valence-corrected chi connectivity index (χ0v) is 15.0. The van der Waals surface area contributed by atoms with Crippen LogP contribution in [0.15, 0.2) is 32.9 Å². The van der Waals surface area contributed by atoms with E-state index in [1.807, 2.05) is 38.1 Å². The summed E-state index contributed by atoms with van der Waals surface area (Å²) in [4.78, 5) is 12.2. The van der Waals surface area contributed by atoms with Crippen molar-refractivity contribution < 1.29 is 0 Å². The standard InChI is InChI=1S/C17H30N4S/c1-5-16(20-6-2)10-15-8-7-9-21(12-15)13-17(11-18-3)22-14-19-4/h5-6,11,15,19H,3,7-10,12-14H2,1-2,4H3/b16-5-,17-11-,20-6-. The molecule has 5 heteroatoms. The summed E-state index contributed by atoms with van der Waals surface area (Å²) >= 11 is 1.81. The van der Waals surface area contributed by atoms with Crippen LogP contribution in [0.5, 0.6) is 0 Å². The van der Waals surface area contributed by atoms with Crippen molar-refractivity contribution in [3.05, 3.63) is 22.9 Å². The molecule has 1 atom stereocenters. The average molecular weight is 323 g/mol. The molecule has 1 unspecified atom stereocenters. The number of hydrogen-bond donors (Lipinski definition) is 1. The van der Waals surface area contributed by atoms with Gasteiger partial charge in [-0.1, -0.05) is 6.08 Å². The van der Waals surface area contributed by atoms with E-state index in [0.717, 1.165) is 25.4 Å². The van der Waals surface area contributed by atoms with E-state index >= 15 is 0 Å². The first-order valence-electron chi connectivity index (χ1n) is 8.02. The number of nitrogens with one attached hydrogen (secondary N) is 1. The molecule has 0 aromatic heterocycles. The fraction of sp³-hybridized carbons (Fsp3) is 0.647. The predicted molar refractivity (Wildman–Crippen MR) is 101 cm³/mol. The van der Waals surface area contributed by atoms with E-state index in [0.29, 0.717) is 5.92 Å². The van der Waals surface area contributed by atoms with Gasteiger partial charge in [0.1, 0.15) is 0 Å². The van der Waals surface area contributed by atoms with Crippen molar-refractivity contribution in [1.82, 2.24) is 10.2 Å². The van der Waals surface area contributed by atoms with Crippen molar-refractivity contribution in [2.24, 2.45) is 15.9 Å². The highest BCUT2D eigenvalue weighted by atomic mass is 32.2. The van der Waals surface area contributed by atoms with E-state index in [2.05, 4.69) is 39.9 Å². The van der Waals surface area contributed by atoms with Gasteiger partial charge in [-0.25, -0.2) is 0 Å². The third-order valence-corrected chi connectivity index (χ3v) is 4.78. The number of rotatable bonds is 9. The molecular weight excluding hydrogens is 292 g/mol. The van der Waals surface area contributed by atoms with Crippen LogP contribution in [-0.2, 0) is 0 Å². The Bertz CT molecular complexity index is 415. The van der Waals surface area contributed by atoms with Gasteiger partial charge in [-0.05, 0) is 59.3 Å². The van der Waals surface area contributed by atoms with E-state index < -0.39 is 0 Å². The Hall–Kier alpha value is -0.910. The minimum Gasteiger partial charge on any atom is -0.311 e. The fourth-order valence-electron chi connectivity index (χ4n) is 2.78. The summed E-state index contributed by atoms with van der Waals surface area (Å²) in [6.07, 6.45) is 9.57. The highest BCUT2D eigenvalue weighted by Gasteiger charge is 2.21. The Morgan fingerprint density at radius 1 is 1.45 bits per heavy atom. The van der Waals surface area contributed by atoms with E-state index in [-0.39, 0.29) is 0 Å². The van der Waals surface area contributed by atoms with Gasteiger partial charge in [0.25, 0.3) is 0 Å². The molecule has 0 saturated carbocycles. The van der Waals surface area contributed by atoms with Crippen LogP contribution in [-0.4, -0.2) is 50.4 Å². The maximum atomic E-state index is 4.46. The molecule has 4 nitrogen and oxygen atoms in total. The molecule has 1 aliphatic rings. The highest BCUT2D eigenvalue weighted by molar-refractivity contribution is 8.03. The van der Waals surface area contributed by atoms with E-state index in [9.17, 15) is 0 Å². The van der Waals surface area contributed by atoms with Gasteiger partial charge < -0.3 is 5.32 Å². The van der Waals surface area contributed by atoms with Gasteiger partial charge in [-0.3, -0.25) is 14.9 Å². The summed E-state index contributed by atoms with van der Waals surface area (Å²) < 4.78 is 0. The molecule has 0 bridgehead atoms. The summed E-state index contributed by atoms with van der Waals surface area (Å²) in [5.74, 6) is 1.61. The Morgan fingerprint density at radius 2 is 2.27 bits per heavy atom. The Labute approximate surface area is 139 Å². The molecule has 1 N–H and O–H groups in total. The molecule has 1 fully saturated rings. The van der Waals surface area contributed by atoms with E-state index in [1.54, 1.807) is 0 Å². The van der Waals surface area contributed by atoms with Crippen LogP contribution in [0.2, 0.25) is 0 Å². The molecule has 1 saturated heterocycles. The number of hydrogen-bond acceptors (Lipinski definition) is 5. The maximum absolute atomic E-state index is 4.46. The quantitative estimate of drug-likeness (QED) is 0.521. The van der Waals surface area contributed by atoms with Crippen molar-refractivity contribution in [2.45, 2.75) is 33.1 Å². The van der Waals surface area contributed by atoms with E-state index in [4.69, 9.17) is 0 Å². The summed E-state index contributed by atoms with van der Waals surface area (Å²) in [6, 6.07) is 0. The monoisotopic (exact) mass is 322 g/mol. The average Bonchev–Trinajstić information content (AvgIpc) is 2.52. The lowest BCUT2D eigenvalue weighted by Crippen LogP contribution is -2.36. The number of allylic oxidation sites excluding steroid dienone is 2. The van der Waals surface area contributed by atoms with Crippen molar-refractivity contribution in [3.8, 4) is 0 Å². The minimum atomic E-state index is 0.705. The molecule has 0 aromatic rings. The molecule has 0 aromatic carbocycles. The topological polar surface area (TPSA) is 40.0 Å². The predicted octanol–water partition coefficient (Wildman–Crippen LogP) is 3.54. The third kappa shape index (κ3) is 7.38. The molecule has 0 amide bonds. The van der Waals surface area contributed by atoms with E-state index in [1.165, 1.54) is 30.0 Å². The van der Waals surface area contributed by atoms with Crippen molar-refractivity contribution in [1.29, 1.82) is 0 Å².